The summed E-state index contributed by atoms with van der Waals surface area (Å²) >= 11 is 1.70. The zero-order chi connectivity index (χ0) is 13.0. The molecule has 0 saturated carbocycles. The van der Waals surface area contributed by atoms with Gasteiger partial charge in [-0.3, -0.25) is 4.99 Å². The van der Waals surface area contributed by atoms with Crippen molar-refractivity contribution in [2.45, 2.75) is 12.3 Å². The van der Waals surface area contributed by atoms with Gasteiger partial charge in [0.2, 0.25) is 0 Å². The molecule has 0 spiro atoms. The predicted octanol–water partition coefficient (Wildman–Crippen LogP) is 2.08. The Labute approximate surface area is 111 Å². The van der Waals surface area contributed by atoms with Gasteiger partial charge in [-0.25, -0.2) is 4.39 Å². The number of hydrogen-bond acceptors (Lipinski definition) is 4. The van der Waals surface area contributed by atoms with Crippen LogP contribution in [0.1, 0.15) is 11.1 Å². The van der Waals surface area contributed by atoms with Gasteiger partial charge in [-0.15, -0.1) is 0 Å². The van der Waals surface area contributed by atoms with Crippen LogP contribution >= 0.6 is 11.8 Å². The van der Waals surface area contributed by atoms with E-state index in [-0.39, 0.29) is 5.82 Å². The number of rotatable bonds is 4. The fourth-order valence-electron chi connectivity index (χ4n) is 1.95. The molecule has 1 aromatic carbocycles. The van der Waals surface area contributed by atoms with Gasteiger partial charge in [0.05, 0.1) is 6.54 Å². The molecule has 1 aliphatic heterocycles. The topological polar surface area (TPSA) is 27.6 Å². The van der Waals surface area contributed by atoms with Crippen LogP contribution in [0.2, 0.25) is 0 Å². The average molecular weight is 267 g/mol. The first-order chi connectivity index (χ1) is 8.70. The van der Waals surface area contributed by atoms with Crippen molar-refractivity contribution in [3.05, 3.63) is 35.1 Å². The van der Waals surface area contributed by atoms with E-state index in [4.69, 9.17) is 0 Å². The molecule has 1 aliphatic rings. The highest BCUT2D eigenvalue weighted by molar-refractivity contribution is 7.97. The second-order valence-corrected chi connectivity index (χ2v) is 5.19. The molecule has 3 nitrogen and oxygen atoms in total. The van der Waals surface area contributed by atoms with Crippen molar-refractivity contribution in [2.75, 3.05) is 26.4 Å². The molecule has 0 radical (unpaired) electrons. The molecule has 98 valence electrons. The van der Waals surface area contributed by atoms with Crippen molar-refractivity contribution in [3.8, 4) is 0 Å². The summed E-state index contributed by atoms with van der Waals surface area (Å²) in [6.45, 7) is 2.50. The van der Waals surface area contributed by atoms with E-state index in [0.29, 0.717) is 6.54 Å². The second kappa shape index (κ2) is 6.09. The largest absolute Gasteiger partial charge is 0.352 e. The number of nitrogens with zero attached hydrogens (tertiary/aromatic N) is 2. The number of guanidine groups is 1. The summed E-state index contributed by atoms with van der Waals surface area (Å²) in [6.07, 6.45) is 2.02. The summed E-state index contributed by atoms with van der Waals surface area (Å²) in [4.78, 5) is 6.47. The fourth-order valence-corrected chi connectivity index (χ4v) is 2.53. The van der Waals surface area contributed by atoms with Gasteiger partial charge in [-0.2, -0.15) is 11.8 Å². The molecule has 1 heterocycles. The number of benzene rings is 1. The van der Waals surface area contributed by atoms with E-state index in [9.17, 15) is 4.39 Å². The maximum absolute atomic E-state index is 13.2. The maximum Gasteiger partial charge on any atom is 0.194 e. The first kappa shape index (κ1) is 13.2. The van der Waals surface area contributed by atoms with Crippen LogP contribution in [0.5, 0.6) is 0 Å². The monoisotopic (exact) mass is 267 g/mol. The Morgan fingerprint density at radius 2 is 2.28 bits per heavy atom. The minimum Gasteiger partial charge on any atom is -0.352 e. The lowest BCUT2D eigenvalue weighted by molar-refractivity contribution is 0.533. The predicted molar refractivity (Wildman–Crippen MR) is 75.4 cm³/mol. The molecule has 0 aromatic heterocycles. The van der Waals surface area contributed by atoms with Crippen LogP contribution in [0.15, 0.2) is 23.2 Å². The molecule has 2 rings (SSSR count). The van der Waals surface area contributed by atoms with Gasteiger partial charge in [-0.1, -0.05) is 6.07 Å². The van der Waals surface area contributed by atoms with E-state index in [1.54, 1.807) is 17.8 Å². The van der Waals surface area contributed by atoms with Gasteiger partial charge in [0.1, 0.15) is 5.82 Å². The summed E-state index contributed by atoms with van der Waals surface area (Å²) < 4.78 is 13.2. The first-order valence-electron chi connectivity index (χ1n) is 5.96. The summed E-state index contributed by atoms with van der Waals surface area (Å²) in [7, 11) is 2.02. The number of thioether (sulfide) groups is 1. The Kier molecular flexibility index (Phi) is 4.47. The van der Waals surface area contributed by atoms with E-state index in [0.717, 1.165) is 35.9 Å². The van der Waals surface area contributed by atoms with E-state index in [1.807, 2.05) is 19.4 Å². The Bertz CT molecular complexity index is 448. The van der Waals surface area contributed by atoms with Crippen LogP contribution in [0, 0.1) is 5.82 Å². The SMILES string of the molecule is CSCc1cc(F)ccc1CNC1=NCCN1C. The van der Waals surface area contributed by atoms with Crippen LogP contribution in [0.3, 0.4) is 0 Å². The van der Waals surface area contributed by atoms with Gasteiger partial charge in [0, 0.05) is 25.9 Å². The molecular weight excluding hydrogens is 249 g/mol. The molecule has 0 amide bonds. The first-order valence-corrected chi connectivity index (χ1v) is 7.36. The third-order valence-corrected chi connectivity index (χ3v) is 3.56. The van der Waals surface area contributed by atoms with Crippen LogP contribution in [-0.4, -0.2) is 37.3 Å². The van der Waals surface area contributed by atoms with E-state index >= 15 is 0 Å². The number of aliphatic imine (C=N–C) groups is 1. The Hall–Kier alpha value is -1.23. The van der Waals surface area contributed by atoms with E-state index in [2.05, 4.69) is 15.2 Å². The molecule has 0 saturated heterocycles. The minimum absolute atomic E-state index is 0.168. The van der Waals surface area contributed by atoms with Crippen molar-refractivity contribution < 1.29 is 4.39 Å². The smallest absolute Gasteiger partial charge is 0.194 e. The van der Waals surface area contributed by atoms with E-state index < -0.39 is 0 Å². The van der Waals surface area contributed by atoms with Crippen LogP contribution in [0.4, 0.5) is 4.39 Å². The van der Waals surface area contributed by atoms with Crippen molar-refractivity contribution in [1.82, 2.24) is 10.2 Å². The number of halogens is 1. The van der Waals surface area contributed by atoms with Crippen molar-refractivity contribution in [1.29, 1.82) is 0 Å². The molecule has 1 N–H and O–H groups in total. The molecule has 1 aromatic rings. The minimum atomic E-state index is -0.168. The molecule has 0 fully saturated rings. The molecule has 5 heteroatoms. The molecule has 0 unspecified atom stereocenters. The highest BCUT2D eigenvalue weighted by Crippen LogP contribution is 2.16. The molecule has 0 bridgehead atoms. The van der Waals surface area contributed by atoms with Gasteiger partial charge in [-0.05, 0) is 29.5 Å². The third-order valence-electron chi connectivity index (χ3n) is 2.96. The summed E-state index contributed by atoms with van der Waals surface area (Å²) in [5.74, 6) is 1.59. The molecule has 0 atom stereocenters. The Morgan fingerprint density at radius 1 is 1.44 bits per heavy atom. The van der Waals surface area contributed by atoms with Crippen LogP contribution < -0.4 is 5.32 Å². The van der Waals surface area contributed by atoms with Crippen molar-refractivity contribution in [3.63, 3.8) is 0 Å². The molecule has 18 heavy (non-hydrogen) atoms. The van der Waals surface area contributed by atoms with E-state index in [1.165, 1.54) is 6.07 Å². The Morgan fingerprint density at radius 3 is 2.94 bits per heavy atom. The van der Waals surface area contributed by atoms with Crippen molar-refractivity contribution in [2.24, 2.45) is 4.99 Å². The van der Waals surface area contributed by atoms with Gasteiger partial charge in [0.25, 0.3) is 0 Å². The number of likely N-dealkylation sites (N-methyl/N-ethyl adjacent to an activating group) is 1. The van der Waals surface area contributed by atoms with Crippen LogP contribution in [0.25, 0.3) is 0 Å². The van der Waals surface area contributed by atoms with Gasteiger partial charge < -0.3 is 10.2 Å². The second-order valence-electron chi connectivity index (χ2n) is 4.33. The number of hydrogen-bond donors (Lipinski definition) is 1. The molecule has 0 aliphatic carbocycles. The van der Waals surface area contributed by atoms with Crippen molar-refractivity contribution >= 4 is 17.7 Å². The highest BCUT2D eigenvalue weighted by Gasteiger charge is 2.12. The quantitative estimate of drug-likeness (QED) is 0.905. The lowest BCUT2D eigenvalue weighted by Crippen LogP contribution is -2.35. The fraction of sp³-hybridized carbons (Fsp3) is 0.462. The van der Waals surface area contributed by atoms with Gasteiger partial charge >= 0.3 is 0 Å². The lowest BCUT2D eigenvalue weighted by Gasteiger charge is -2.16. The average Bonchev–Trinajstić information content (AvgIpc) is 2.74. The molecular formula is C13H18FN3S. The summed E-state index contributed by atoms with van der Waals surface area (Å²) in [5, 5.41) is 3.31. The summed E-state index contributed by atoms with van der Waals surface area (Å²) in [5.41, 5.74) is 2.19. The standard InChI is InChI=1S/C13H18FN3S/c1-17-6-5-15-13(17)16-8-10-3-4-12(14)7-11(10)9-18-2/h3-4,7H,5-6,8-9H2,1-2H3,(H,15,16). The zero-order valence-electron chi connectivity index (χ0n) is 10.7. The number of nitrogens with one attached hydrogen (secondary N) is 1. The highest BCUT2D eigenvalue weighted by atomic mass is 32.2. The van der Waals surface area contributed by atoms with Crippen LogP contribution in [-0.2, 0) is 12.3 Å². The summed E-state index contributed by atoms with van der Waals surface area (Å²) in [6, 6.07) is 4.98. The third kappa shape index (κ3) is 3.16. The zero-order valence-corrected chi connectivity index (χ0v) is 11.6. The maximum atomic E-state index is 13.2. The Balaban J connectivity index is 2.04. The van der Waals surface area contributed by atoms with Gasteiger partial charge in [0.15, 0.2) is 5.96 Å². The normalized spacial score (nSPS) is 14.8. The lowest BCUT2D eigenvalue weighted by atomic mass is 10.1.